The summed E-state index contributed by atoms with van der Waals surface area (Å²) in [6.07, 6.45) is 0. The molecule has 0 bridgehead atoms. The second kappa shape index (κ2) is 9.34. The van der Waals surface area contributed by atoms with Crippen LogP contribution in [-0.2, 0) is 9.36 Å². The monoisotopic (exact) mass is 271 g/mol. The summed E-state index contributed by atoms with van der Waals surface area (Å²) in [6.45, 7) is -0.227. The molecular formula is C4H14CaN3O6P. The summed E-state index contributed by atoms with van der Waals surface area (Å²) >= 11 is 0. The molecule has 0 saturated heterocycles. The molecule has 9 nitrogen and oxygen atoms in total. The molecule has 0 radical (unpaired) electrons. The Morgan fingerprint density at radius 2 is 1.80 bits per heavy atom. The van der Waals surface area contributed by atoms with Gasteiger partial charge in [-0.1, -0.05) is 0 Å². The maximum absolute atomic E-state index is 9.92. The number of nitrogens with zero attached hydrogens (tertiary/aromatic N) is 1. The van der Waals surface area contributed by atoms with Crippen LogP contribution < -0.4 is 5.73 Å². The van der Waals surface area contributed by atoms with E-state index in [9.17, 15) is 4.79 Å². The topological polar surface area (TPSA) is 168 Å². The summed E-state index contributed by atoms with van der Waals surface area (Å²) in [5.41, 5.74) is 4.93. The average Bonchev–Trinajstić information content (AvgIpc) is 1.80. The van der Waals surface area contributed by atoms with E-state index in [0.717, 1.165) is 4.90 Å². The molecule has 0 aromatic heterocycles. The third-order valence-corrected chi connectivity index (χ3v) is 0.784. The van der Waals surface area contributed by atoms with Crippen molar-refractivity contribution < 1.29 is 32.0 Å². The Kier molecular flexibility index (Phi) is 12.8. The number of hydrogen-bond donors (Lipinski definition) is 6. The Bertz CT molecular complexity index is 255. The number of likely N-dealkylation sites (N-methyl/N-ethyl adjacent to an activating group) is 1. The first-order valence-corrected chi connectivity index (χ1v) is 4.65. The minimum atomic E-state index is -4.64. The molecule has 0 aliphatic carbocycles. The zero-order valence-electron chi connectivity index (χ0n) is 9.99. The molecule has 88 valence electrons. The second-order valence-electron chi connectivity index (χ2n) is 2.15. The van der Waals surface area contributed by atoms with Crippen molar-refractivity contribution in [2.24, 2.45) is 5.73 Å². The quantitative estimate of drug-likeness (QED) is 0.142. The van der Waals surface area contributed by atoms with Gasteiger partial charge in [0.15, 0.2) is 5.96 Å². The van der Waals surface area contributed by atoms with Crippen LogP contribution in [0.4, 0.5) is 0 Å². The number of rotatable bonds is 2. The predicted octanol–water partition coefficient (Wildman–Crippen LogP) is -2.19. The van der Waals surface area contributed by atoms with Crippen LogP contribution in [0.3, 0.4) is 0 Å². The molecule has 0 atom stereocenters. The van der Waals surface area contributed by atoms with E-state index < -0.39 is 13.8 Å². The van der Waals surface area contributed by atoms with E-state index in [1.54, 1.807) is 0 Å². The predicted molar refractivity (Wildman–Crippen MR) is 54.4 cm³/mol. The molecular weight excluding hydrogens is 257 g/mol. The van der Waals surface area contributed by atoms with Crippen molar-refractivity contribution in [2.45, 2.75) is 0 Å². The first-order chi connectivity index (χ1) is 6.04. The van der Waals surface area contributed by atoms with Gasteiger partial charge in [0.2, 0.25) is 0 Å². The molecule has 0 amide bonds. The summed E-state index contributed by atoms with van der Waals surface area (Å²) in [5.74, 6) is -1.23. The SMILES string of the molecule is CN(CC(=O)O)C(=N)N.O=P(O)(O)O.[Ca+2].[H-].[H-]. The molecule has 0 fully saturated rings. The van der Waals surface area contributed by atoms with Gasteiger partial charge in [-0.05, 0) is 0 Å². The van der Waals surface area contributed by atoms with Crippen molar-refractivity contribution >= 4 is 57.5 Å². The molecule has 0 heterocycles. The van der Waals surface area contributed by atoms with E-state index in [1.165, 1.54) is 7.05 Å². The first kappa shape index (κ1) is 20.5. The van der Waals surface area contributed by atoms with E-state index in [-0.39, 0.29) is 53.1 Å². The van der Waals surface area contributed by atoms with Crippen molar-refractivity contribution in [1.82, 2.24) is 4.90 Å². The summed E-state index contributed by atoms with van der Waals surface area (Å²) in [7, 11) is -3.20. The minimum Gasteiger partial charge on any atom is -1.00 e. The smallest absolute Gasteiger partial charge is 1.00 e. The largest absolute Gasteiger partial charge is 2.00 e. The van der Waals surface area contributed by atoms with E-state index in [1.807, 2.05) is 0 Å². The fraction of sp³-hybridized carbons (Fsp3) is 0.500. The molecule has 0 aliphatic heterocycles. The van der Waals surface area contributed by atoms with Crippen LogP contribution in [-0.4, -0.2) is 87.9 Å². The molecule has 0 aliphatic rings. The van der Waals surface area contributed by atoms with E-state index in [2.05, 4.69) is 0 Å². The van der Waals surface area contributed by atoms with E-state index >= 15 is 0 Å². The maximum Gasteiger partial charge on any atom is 2.00 e. The molecule has 0 spiro atoms. The van der Waals surface area contributed by atoms with Gasteiger partial charge in [0, 0.05) is 7.05 Å². The Labute approximate surface area is 119 Å². The maximum atomic E-state index is 9.92. The number of nitrogens with two attached hydrogens (primary N) is 1. The Hall–Kier alpha value is 0.110. The minimum absolute atomic E-state index is 0. The first-order valence-electron chi connectivity index (χ1n) is 3.09. The average molecular weight is 271 g/mol. The van der Waals surface area contributed by atoms with Gasteiger partial charge >= 0.3 is 51.5 Å². The fourth-order valence-electron chi connectivity index (χ4n) is 0.288. The van der Waals surface area contributed by atoms with Crippen LogP contribution in [0.5, 0.6) is 0 Å². The van der Waals surface area contributed by atoms with Crippen LogP contribution in [0.15, 0.2) is 0 Å². The molecule has 11 heteroatoms. The zero-order valence-corrected chi connectivity index (χ0v) is 11.1. The number of phosphoric acid groups is 1. The van der Waals surface area contributed by atoms with Crippen molar-refractivity contribution in [2.75, 3.05) is 13.6 Å². The summed E-state index contributed by atoms with van der Waals surface area (Å²) in [4.78, 5) is 32.6. The summed E-state index contributed by atoms with van der Waals surface area (Å²) in [5, 5.41) is 14.9. The normalized spacial score (nSPS) is 9.07. The van der Waals surface area contributed by atoms with Crippen molar-refractivity contribution in [3.63, 3.8) is 0 Å². The van der Waals surface area contributed by atoms with Gasteiger partial charge in [-0.3, -0.25) is 10.2 Å². The third kappa shape index (κ3) is 31.5. The van der Waals surface area contributed by atoms with Crippen LogP contribution in [0, 0.1) is 5.41 Å². The van der Waals surface area contributed by atoms with Crippen LogP contribution in [0.1, 0.15) is 2.85 Å². The number of guanidine groups is 1. The van der Waals surface area contributed by atoms with Gasteiger partial charge in [0.05, 0.1) is 0 Å². The Morgan fingerprint density at radius 3 is 1.87 bits per heavy atom. The third-order valence-electron chi connectivity index (χ3n) is 0.784. The molecule has 0 saturated carbocycles. The standard InChI is InChI=1S/C4H9N3O2.Ca.H3O4P.2H/c1-7(4(5)6)2-3(8)9;;1-5(2,3)4;;/h2H2,1H3,(H3,5,6)(H,8,9);;(H3,1,2,3,4);;/q;+2;;2*-1. The Morgan fingerprint density at radius 1 is 1.53 bits per heavy atom. The van der Waals surface area contributed by atoms with Crippen molar-refractivity contribution in [3.8, 4) is 0 Å². The van der Waals surface area contributed by atoms with Gasteiger partial charge in [-0.25, -0.2) is 4.57 Å². The molecule has 0 aromatic carbocycles. The number of aliphatic carboxylic acids is 1. The van der Waals surface area contributed by atoms with Crippen molar-refractivity contribution in [3.05, 3.63) is 0 Å². The van der Waals surface area contributed by atoms with E-state index in [4.69, 9.17) is 35.5 Å². The zero-order chi connectivity index (χ0) is 11.9. The van der Waals surface area contributed by atoms with Gasteiger partial charge in [-0.2, -0.15) is 0 Å². The summed E-state index contributed by atoms with van der Waals surface area (Å²) < 4.78 is 8.88. The molecule has 0 unspecified atom stereocenters. The van der Waals surface area contributed by atoms with Crippen LogP contribution >= 0.6 is 7.82 Å². The van der Waals surface area contributed by atoms with E-state index in [0.29, 0.717) is 0 Å². The van der Waals surface area contributed by atoms with Crippen LogP contribution in [0.2, 0.25) is 0 Å². The van der Waals surface area contributed by atoms with Gasteiger partial charge in [-0.15, -0.1) is 0 Å². The fourth-order valence-corrected chi connectivity index (χ4v) is 0.288. The second-order valence-corrected chi connectivity index (χ2v) is 3.17. The number of carboxylic acids is 1. The Balaban J connectivity index is -0.0000000533. The number of carbonyl (C=O) groups is 1. The molecule has 15 heavy (non-hydrogen) atoms. The molecule has 7 N–H and O–H groups in total. The number of hydrogen-bond acceptors (Lipinski definition) is 3. The molecule has 0 aromatic rings. The number of nitrogens with one attached hydrogen (secondary N) is 1. The van der Waals surface area contributed by atoms with Gasteiger partial charge < -0.3 is 33.3 Å². The van der Waals surface area contributed by atoms with Crippen LogP contribution in [0.25, 0.3) is 0 Å². The van der Waals surface area contributed by atoms with Gasteiger partial charge in [0.25, 0.3) is 0 Å². The van der Waals surface area contributed by atoms with Gasteiger partial charge in [0.1, 0.15) is 6.54 Å². The van der Waals surface area contributed by atoms with Crippen molar-refractivity contribution in [1.29, 1.82) is 5.41 Å². The summed E-state index contributed by atoms with van der Waals surface area (Å²) in [6, 6.07) is 0. The number of carboxylic acid groups (broad SMARTS) is 1. The molecule has 0 rings (SSSR count).